The molecule has 1 aliphatic heterocycles. The summed E-state index contributed by atoms with van der Waals surface area (Å²) in [5, 5.41) is 8.93. The molecule has 44 heavy (non-hydrogen) atoms. The SMILES string of the molecule is COc1ccc(-c2ccc(N3CCCN(C(=O)CN(C(=O)c4cccc(F)c4)[C@@H](C)c4ccccc4)CC3)nn2)c(OC)c1. The van der Waals surface area contributed by atoms with E-state index in [0.29, 0.717) is 43.4 Å². The molecule has 0 bridgehead atoms. The lowest BCUT2D eigenvalue weighted by atomic mass is 10.1. The van der Waals surface area contributed by atoms with Crippen LogP contribution in [0.25, 0.3) is 11.3 Å². The van der Waals surface area contributed by atoms with Gasteiger partial charge in [0.25, 0.3) is 5.91 Å². The van der Waals surface area contributed by atoms with Crippen molar-refractivity contribution in [3.63, 3.8) is 0 Å². The normalized spacial score (nSPS) is 14.0. The van der Waals surface area contributed by atoms with Crippen molar-refractivity contribution in [3.05, 3.63) is 102 Å². The smallest absolute Gasteiger partial charge is 0.254 e. The Morgan fingerprint density at radius 1 is 0.886 bits per heavy atom. The first-order chi connectivity index (χ1) is 21.4. The predicted octanol–water partition coefficient (Wildman–Crippen LogP) is 5.24. The first kappa shape index (κ1) is 30.5. The summed E-state index contributed by atoms with van der Waals surface area (Å²) in [5.74, 6) is 0.996. The van der Waals surface area contributed by atoms with E-state index in [1.165, 1.54) is 23.1 Å². The minimum atomic E-state index is -0.499. The molecule has 0 spiro atoms. The van der Waals surface area contributed by atoms with Crippen molar-refractivity contribution >= 4 is 17.6 Å². The fourth-order valence-corrected chi connectivity index (χ4v) is 5.37. The van der Waals surface area contributed by atoms with Gasteiger partial charge in [-0.05, 0) is 61.4 Å². The number of aromatic nitrogens is 2. The van der Waals surface area contributed by atoms with Crippen molar-refractivity contribution < 1.29 is 23.5 Å². The Bertz CT molecular complexity index is 1580. The number of methoxy groups -OCH3 is 2. The molecule has 4 aromatic rings. The molecule has 1 fully saturated rings. The number of carbonyl (C=O) groups is 2. The number of carbonyl (C=O) groups excluding carboxylic acids is 2. The number of nitrogens with zero attached hydrogens (tertiary/aromatic N) is 5. The summed E-state index contributed by atoms with van der Waals surface area (Å²) in [6.45, 7) is 4.05. The van der Waals surface area contributed by atoms with Crippen molar-refractivity contribution in [1.82, 2.24) is 20.0 Å². The van der Waals surface area contributed by atoms with Gasteiger partial charge in [-0.2, -0.15) is 0 Å². The third kappa shape index (κ3) is 6.96. The highest BCUT2D eigenvalue weighted by Gasteiger charge is 2.28. The second kappa shape index (κ2) is 14.0. The predicted molar refractivity (Wildman–Crippen MR) is 166 cm³/mol. The van der Waals surface area contributed by atoms with Crippen molar-refractivity contribution in [2.24, 2.45) is 0 Å². The number of rotatable bonds is 9. The Kier molecular flexibility index (Phi) is 9.69. The Labute approximate surface area is 256 Å². The monoisotopic (exact) mass is 597 g/mol. The quantitative estimate of drug-likeness (QED) is 0.261. The third-order valence-electron chi connectivity index (χ3n) is 7.90. The number of hydrogen-bond donors (Lipinski definition) is 0. The summed E-state index contributed by atoms with van der Waals surface area (Å²) in [4.78, 5) is 32.6. The zero-order valence-corrected chi connectivity index (χ0v) is 25.1. The number of ether oxygens (including phenoxy) is 2. The molecular weight excluding hydrogens is 561 g/mol. The average molecular weight is 598 g/mol. The molecule has 2 amide bonds. The van der Waals surface area contributed by atoms with Gasteiger partial charge in [-0.25, -0.2) is 4.39 Å². The first-order valence-electron chi connectivity index (χ1n) is 14.6. The molecule has 3 aromatic carbocycles. The molecule has 0 N–H and O–H groups in total. The van der Waals surface area contributed by atoms with Crippen LogP contribution in [0, 0.1) is 5.82 Å². The Hall–Kier alpha value is -4.99. The maximum absolute atomic E-state index is 14.0. The lowest BCUT2D eigenvalue weighted by molar-refractivity contribution is -0.132. The van der Waals surface area contributed by atoms with Crippen LogP contribution in [0.4, 0.5) is 10.2 Å². The molecule has 10 heteroatoms. The molecule has 5 rings (SSSR count). The van der Waals surface area contributed by atoms with E-state index >= 15 is 0 Å². The summed E-state index contributed by atoms with van der Waals surface area (Å²) >= 11 is 0. The van der Waals surface area contributed by atoms with Gasteiger partial charge >= 0.3 is 0 Å². The van der Waals surface area contributed by atoms with Crippen molar-refractivity contribution in [2.45, 2.75) is 19.4 Å². The van der Waals surface area contributed by atoms with Crippen LogP contribution in [0.5, 0.6) is 11.5 Å². The van der Waals surface area contributed by atoms with Crippen LogP contribution in [0.15, 0.2) is 84.9 Å². The Balaban J connectivity index is 1.28. The zero-order chi connectivity index (χ0) is 31.1. The Morgan fingerprint density at radius 2 is 1.70 bits per heavy atom. The van der Waals surface area contributed by atoms with E-state index in [4.69, 9.17) is 9.47 Å². The summed E-state index contributed by atoms with van der Waals surface area (Å²) in [5.41, 5.74) is 2.58. The van der Waals surface area contributed by atoms with Gasteiger partial charge in [-0.15, -0.1) is 10.2 Å². The molecule has 0 saturated carbocycles. The van der Waals surface area contributed by atoms with Crippen LogP contribution >= 0.6 is 0 Å². The molecule has 2 heterocycles. The second-order valence-electron chi connectivity index (χ2n) is 10.6. The molecule has 1 aromatic heterocycles. The van der Waals surface area contributed by atoms with Gasteiger partial charge in [0.2, 0.25) is 5.91 Å². The van der Waals surface area contributed by atoms with Gasteiger partial charge in [-0.1, -0.05) is 36.4 Å². The molecular formula is C34H36FN5O4. The zero-order valence-electron chi connectivity index (χ0n) is 25.1. The number of benzene rings is 3. The highest BCUT2D eigenvalue weighted by molar-refractivity contribution is 5.96. The van der Waals surface area contributed by atoms with Crippen LogP contribution in [0.3, 0.4) is 0 Å². The van der Waals surface area contributed by atoms with Crippen LogP contribution < -0.4 is 14.4 Å². The molecule has 1 aliphatic rings. The lowest BCUT2D eigenvalue weighted by Gasteiger charge is -2.32. The summed E-state index contributed by atoms with van der Waals surface area (Å²) in [6.07, 6.45) is 0.730. The topological polar surface area (TPSA) is 88.1 Å². The average Bonchev–Trinajstić information content (AvgIpc) is 3.33. The fourth-order valence-electron chi connectivity index (χ4n) is 5.37. The van der Waals surface area contributed by atoms with E-state index in [2.05, 4.69) is 15.1 Å². The molecule has 1 atom stereocenters. The summed E-state index contributed by atoms with van der Waals surface area (Å²) in [7, 11) is 3.20. The molecule has 228 valence electrons. The largest absolute Gasteiger partial charge is 0.497 e. The van der Waals surface area contributed by atoms with Gasteiger partial charge in [-0.3, -0.25) is 9.59 Å². The minimum Gasteiger partial charge on any atom is -0.497 e. The number of hydrogen-bond acceptors (Lipinski definition) is 7. The maximum atomic E-state index is 14.0. The van der Waals surface area contributed by atoms with E-state index in [1.54, 1.807) is 31.3 Å². The number of amides is 2. The summed E-state index contributed by atoms with van der Waals surface area (Å²) < 4.78 is 24.8. The van der Waals surface area contributed by atoms with Crippen LogP contribution in [0.1, 0.15) is 35.3 Å². The fraction of sp³-hybridized carbons (Fsp3) is 0.294. The van der Waals surface area contributed by atoms with Gasteiger partial charge in [0.1, 0.15) is 23.9 Å². The van der Waals surface area contributed by atoms with Crippen LogP contribution in [-0.4, -0.2) is 78.8 Å². The summed E-state index contributed by atoms with van der Waals surface area (Å²) in [6, 6.07) is 24.1. The number of halogens is 1. The first-order valence-corrected chi connectivity index (χ1v) is 14.6. The minimum absolute atomic E-state index is 0.121. The molecule has 0 unspecified atom stereocenters. The van der Waals surface area contributed by atoms with Crippen molar-refractivity contribution in [3.8, 4) is 22.8 Å². The van der Waals surface area contributed by atoms with Gasteiger partial charge < -0.3 is 24.2 Å². The lowest BCUT2D eigenvalue weighted by Crippen LogP contribution is -2.45. The highest BCUT2D eigenvalue weighted by Crippen LogP contribution is 2.32. The van der Waals surface area contributed by atoms with E-state index < -0.39 is 17.8 Å². The van der Waals surface area contributed by atoms with Crippen LogP contribution in [0.2, 0.25) is 0 Å². The van der Waals surface area contributed by atoms with Gasteiger partial charge in [0.15, 0.2) is 5.82 Å². The van der Waals surface area contributed by atoms with Crippen molar-refractivity contribution in [1.29, 1.82) is 0 Å². The molecule has 0 aliphatic carbocycles. The van der Waals surface area contributed by atoms with Gasteiger partial charge in [0.05, 0.1) is 26.0 Å². The van der Waals surface area contributed by atoms with E-state index in [0.717, 1.165) is 23.4 Å². The van der Waals surface area contributed by atoms with Crippen LogP contribution in [-0.2, 0) is 4.79 Å². The molecule has 0 radical (unpaired) electrons. The third-order valence-corrected chi connectivity index (χ3v) is 7.90. The van der Waals surface area contributed by atoms with E-state index in [9.17, 15) is 14.0 Å². The molecule has 1 saturated heterocycles. The highest BCUT2D eigenvalue weighted by atomic mass is 19.1. The van der Waals surface area contributed by atoms with Gasteiger partial charge in [0, 0.05) is 43.4 Å². The van der Waals surface area contributed by atoms with Crippen molar-refractivity contribution in [2.75, 3.05) is 51.8 Å². The van der Waals surface area contributed by atoms with E-state index in [1.807, 2.05) is 61.5 Å². The molecule has 9 nitrogen and oxygen atoms in total. The second-order valence-corrected chi connectivity index (χ2v) is 10.6. The number of anilines is 1. The standard InChI is InChI=1S/C34H36FN5O4/c1-24(25-9-5-4-6-10-25)40(34(42)26-11-7-12-27(35)21-26)23-33(41)39-18-8-17-38(19-20-39)32-16-15-30(36-37-32)29-14-13-28(43-2)22-31(29)44-3/h4-7,9-16,21-22,24H,8,17-20,23H2,1-3H3/t24-/m0/s1. The maximum Gasteiger partial charge on any atom is 0.254 e. The Morgan fingerprint density at radius 3 is 2.41 bits per heavy atom. The van der Waals surface area contributed by atoms with E-state index in [-0.39, 0.29) is 18.0 Å².